The highest BCUT2D eigenvalue weighted by atomic mass is 32.2. The number of carboxylic acids is 1. The van der Waals surface area contributed by atoms with Crippen LogP contribution in [0.15, 0.2) is 76.7 Å². The Kier molecular flexibility index (Phi) is 8.62. The average Bonchev–Trinajstić information content (AvgIpc) is 2.91. The Bertz CT molecular complexity index is 1510. The number of fused-ring (bicyclic) bond motifs is 1. The lowest BCUT2D eigenvalue weighted by Crippen LogP contribution is -2.42. The number of benzene rings is 3. The maximum atomic E-state index is 12.8. The van der Waals surface area contributed by atoms with Gasteiger partial charge in [-0.1, -0.05) is 42.1 Å². The van der Waals surface area contributed by atoms with E-state index in [4.69, 9.17) is 31.3 Å². The first kappa shape index (κ1) is 27.4. The second kappa shape index (κ2) is 12.3. The maximum Gasteiger partial charge on any atom is 0.328 e. The highest BCUT2D eigenvalue weighted by Gasteiger charge is 2.23. The highest BCUT2D eigenvalue weighted by molar-refractivity contribution is 7.99. The molecule has 4 rings (SSSR count). The Morgan fingerprint density at radius 2 is 1.74 bits per heavy atom. The van der Waals surface area contributed by atoms with Crippen LogP contribution in [0.3, 0.4) is 0 Å². The van der Waals surface area contributed by atoms with Crippen LogP contribution in [0.2, 0.25) is 0 Å². The molecule has 1 aromatic heterocycles. The van der Waals surface area contributed by atoms with Crippen LogP contribution >= 0.6 is 11.8 Å². The number of rotatable bonds is 10. The van der Waals surface area contributed by atoms with Gasteiger partial charge in [0.15, 0.2) is 0 Å². The Hall–Kier alpha value is -4.64. The van der Waals surface area contributed by atoms with Crippen LogP contribution in [-0.2, 0) is 14.3 Å². The van der Waals surface area contributed by atoms with Gasteiger partial charge in [-0.15, -0.1) is 0 Å². The van der Waals surface area contributed by atoms with Gasteiger partial charge >= 0.3 is 11.9 Å². The minimum Gasteiger partial charge on any atom is -0.481 e. The molecule has 0 bridgehead atoms. The SMILES string of the molecule is CCOC(=O)[C@H](CCC(=O)O)NC(=O)c1ccc(Sc2nc3cc(N)cc(N)c3nc2-c2ccccc2)cc1. The Morgan fingerprint density at radius 1 is 1.03 bits per heavy atom. The van der Waals surface area contributed by atoms with Gasteiger partial charge in [0, 0.05) is 28.1 Å². The first-order chi connectivity index (χ1) is 18.7. The zero-order valence-corrected chi connectivity index (χ0v) is 21.9. The predicted octanol–water partition coefficient (Wildman–Crippen LogP) is 4.14. The molecule has 6 N–H and O–H groups in total. The van der Waals surface area contributed by atoms with Crippen LogP contribution in [0.5, 0.6) is 0 Å². The molecule has 3 aromatic carbocycles. The van der Waals surface area contributed by atoms with Crippen molar-refractivity contribution in [1.82, 2.24) is 15.3 Å². The number of nitrogens with zero attached hydrogens (tertiary/aromatic N) is 2. The second-order valence-corrected chi connectivity index (χ2v) is 9.62. The molecule has 0 aliphatic carbocycles. The molecule has 0 aliphatic rings. The van der Waals surface area contributed by atoms with Crippen molar-refractivity contribution in [3.05, 3.63) is 72.3 Å². The van der Waals surface area contributed by atoms with Gasteiger partial charge in [-0.3, -0.25) is 9.59 Å². The van der Waals surface area contributed by atoms with Crippen LogP contribution in [0, 0.1) is 0 Å². The van der Waals surface area contributed by atoms with Gasteiger partial charge in [0.1, 0.15) is 22.3 Å². The number of aliphatic carboxylic acids is 1. The van der Waals surface area contributed by atoms with Crippen LogP contribution in [0.25, 0.3) is 22.3 Å². The molecule has 10 nitrogen and oxygen atoms in total. The smallest absolute Gasteiger partial charge is 0.328 e. The van der Waals surface area contributed by atoms with Crippen molar-refractivity contribution < 1.29 is 24.2 Å². The Morgan fingerprint density at radius 3 is 2.41 bits per heavy atom. The molecule has 0 fully saturated rings. The lowest BCUT2D eigenvalue weighted by molar-refractivity contribution is -0.146. The van der Waals surface area contributed by atoms with E-state index in [1.165, 1.54) is 11.8 Å². The summed E-state index contributed by atoms with van der Waals surface area (Å²) >= 11 is 1.37. The maximum absolute atomic E-state index is 12.8. The van der Waals surface area contributed by atoms with Gasteiger partial charge in [0.05, 0.1) is 17.8 Å². The number of esters is 1. The van der Waals surface area contributed by atoms with Gasteiger partial charge in [-0.05, 0) is 49.7 Å². The third kappa shape index (κ3) is 6.82. The van der Waals surface area contributed by atoms with Crippen LogP contribution in [0.4, 0.5) is 11.4 Å². The molecular weight excluding hydrogens is 518 g/mol. The lowest BCUT2D eigenvalue weighted by Gasteiger charge is -2.16. The summed E-state index contributed by atoms with van der Waals surface area (Å²) in [5.74, 6) is -2.27. The van der Waals surface area contributed by atoms with Crippen molar-refractivity contribution in [1.29, 1.82) is 0 Å². The van der Waals surface area contributed by atoms with Crippen LogP contribution < -0.4 is 16.8 Å². The summed E-state index contributed by atoms with van der Waals surface area (Å²) in [6.07, 6.45) is -0.362. The number of carbonyl (C=O) groups is 3. The van der Waals surface area contributed by atoms with E-state index < -0.39 is 23.9 Å². The zero-order chi connectivity index (χ0) is 27.9. The molecule has 0 aliphatic heterocycles. The summed E-state index contributed by atoms with van der Waals surface area (Å²) in [5, 5.41) is 12.2. The third-order valence-corrected chi connectivity index (χ3v) is 6.68. The van der Waals surface area contributed by atoms with Crippen molar-refractivity contribution in [3.63, 3.8) is 0 Å². The number of anilines is 2. The summed E-state index contributed by atoms with van der Waals surface area (Å²) in [5.41, 5.74) is 16.0. The van der Waals surface area contributed by atoms with Crippen molar-refractivity contribution in [3.8, 4) is 11.3 Å². The summed E-state index contributed by atoms with van der Waals surface area (Å²) < 4.78 is 4.97. The molecule has 1 amide bonds. The van der Waals surface area contributed by atoms with E-state index in [2.05, 4.69) is 5.32 Å². The highest BCUT2D eigenvalue weighted by Crippen LogP contribution is 2.36. The number of hydrogen-bond acceptors (Lipinski definition) is 9. The molecule has 1 atom stereocenters. The number of aromatic nitrogens is 2. The van der Waals surface area contributed by atoms with E-state index in [0.29, 0.717) is 38.7 Å². The molecule has 39 heavy (non-hydrogen) atoms. The summed E-state index contributed by atoms with van der Waals surface area (Å²) in [7, 11) is 0. The molecular formula is C28H27N5O5S. The number of hydrogen-bond donors (Lipinski definition) is 4. The van der Waals surface area contributed by atoms with Crippen molar-refractivity contribution in [2.75, 3.05) is 18.1 Å². The number of carboxylic acid groups (broad SMARTS) is 1. The predicted molar refractivity (Wildman–Crippen MR) is 149 cm³/mol. The topological polar surface area (TPSA) is 171 Å². The monoisotopic (exact) mass is 545 g/mol. The number of carbonyl (C=O) groups excluding carboxylic acids is 2. The van der Waals surface area contributed by atoms with Crippen LogP contribution in [-0.4, -0.2) is 45.6 Å². The van der Waals surface area contributed by atoms with Crippen molar-refractivity contribution in [2.24, 2.45) is 0 Å². The fraction of sp³-hybridized carbons (Fsp3) is 0.179. The number of nitrogens with two attached hydrogens (primary N) is 2. The van der Waals surface area contributed by atoms with Gasteiger partial charge in [-0.25, -0.2) is 14.8 Å². The van der Waals surface area contributed by atoms with Crippen molar-refractivity contribution in [2.45, 2.75) is 35.7 Å². The number of nitrogens with one attached hydrogen (secondary N) is 1. The van der Waals surface area contributed by atoms with E-state index in [-0.39, 0.29) is 19.4 Å². The fourth-order valence-electron chi connectivity index (χ4n) is 3.84. The average molecular weight is 546 g/mol. The fourth-order valence-corrected chi connectivity index (χ4v) is 4.73. The normalized spacial score (nSPS) is 11.6. The molecule has 200 valence electrons. The standard InChI is InChI=1S/C28H27N5O5S/c1-2-38-28(37)21(12-13-23(34)35)31-26(36)17-8-10-19(11-9-17)39-27-24(16-6-4-3-5-7-16)33-25-20(30)14-18(29)15-22(25)32-27/h3-11,14-15,21H,2,12-13,29-30H2,1H3,(H,31,36)(H,34,35)/t21-/m0/s1. The molecule has 0 radical (unpaired) electrons. The summed E-state index contributed by atoms with van der Waals surface area (Å²) in [6, 6.07) is 18.6. The molecule has 4 aromatic rings. The lowest BCUT2D eigenvalue weighted by atomic mass is 10.1. The summed E-state index contributed by atoms with van der Waals surface area (Å²) in [4.78, 5) is 46.4. The first-order valence-corrected chi connectivity index (χ1v) is 13.0. The third-order valence-electron chi connectivity index (χ3n) is 5.69. The first-order valence-electron chi connectivity index (χ1n) is 12.1. The van der Waals surface area contributed by atoms with Gasteiger partial charge in [0.2, 0.25) is 0 Å². The largest absolute Gasteiger partial charge is 0.481 e. The van der Waals surface area contributed by atoms with Gasteiger partial charge in [0.25, 0.3) is 5.91 Å². The number of nitrogen functional groups attached to an aromatic ring is 2. The summed E-state index contributed by atoms with van der Waals surface area (Å²) in [6.45, 7) is 1.75. The number of ether oxygens (including phenoxy) is 1. The second-order valence-electron chi connectivity index (χ2n) is 8.56. The minimum absolute atomic E-state index is 0.0776. The zero-order valence-electron chi connectivity index (χ0n) is 21.1. The Labute approximate surface area is 228 Å². The number of amides is 1. The molecule has 0 saturated heterocycles. The van der Waals surface area contributed by atoms with Gasteiger partial charge < -0.3 is 26.6 Å². The molecule has 1 heterocycles. The van der Waals surface area contributed by atoms with E-state index in [0.717, 1.165) is 10.5 Å². The van der Waals surface area contributed by atoms with E-state index >= 15 is 0 Å². The molecule has 0 unspecified atom stereocenters. The van der Waals surface area contributed by atoms with Crippen molar-refractivity contribution >= 4 is 52.0 Å². The van der Waals surface area contributed by atoms with E-state index in [9.17, 15) is 14.4 Å². The molecule has 0 spiro atoms. The van der Waals surface area contributed by atoms with E-state index in [1.54, 1.807) is 43.3 Å². The van der Waals surface area contributed by atoms with Gasteiger partial charge in [-0.2, -0.15) is 0 Å². The van der Waals surface area contributed by atoms with E-state index in [1.807, 2.05) is 30.3 Å². The van der Waals surface area contributed by atoms with Crippen LogP contribution in [0.1, 0.15) is 30.1 Å². The Balaban J connectivity index is 1.59. The molecule has 0 saturated carbocycles. The minimum atomic E-state index is -1.07. The quantitative estimate of drug-likeness (QED) is 0.168. The molecule has 11 heteroatoms.